The molecule has 3 rings (SSSR count). The van der Waals surface area contributed by atoms with E-state index in [9.17, 15) is 15.0 Å². The number of ether oxygens (including phenoxy) is 1. The van der Waals surface area contributed by atoms with Crippen LogP contribution in [0.3, 0.4) is 0 Å². The number of nitrogens with zero attached hydrogens (tertiary/aromatic N) is 1. The molecule has 5 nitrogen and oxygen atoms in total. The number of carbonyl (C=O) groups is 1. The lowest BCUT2D eigenvalue weighted by atomic mass is 9.91. The number of amides is 1. The van der Waals surface area contributed by atoms with Crippen LogP contribution in [-0.2, 0) is 5.72 Å². The van der Waals surface area contributed by atoms with Gasteiger partial charge in [-0.3, -0.25) is 4.79 Å². The van der Waals surface area contributed by atoms with Crippen molar-refractivity contribution in [2.24, 2.45) is 0 Å². The van der Waals surface area contributed by atoms with E-state index in [-0.39, 0.29) is 5.91 Å². The second-order valence-corrected chi connectivity index (χ2v) is 5.32. The van der Waals surface area contributed by atoms with Gasteiger partial charge in [-0.25, -0.2) is 0 Å². The molecule has 0 spiro atoms. The van der Waals surface area contributed by atoms with Gasteiger partial charge in [-0.05, 0) is 23.8 Å². The number of aliphatic hydroxyl groups is 2. The van der Waals surface area contributed by atoms with E-state index in [1.807, 2.05) is 0 Å². The summed E-state index contributed by atoms with van der Waals surface area (Å²) in [5.41, 5.74) is -0.537. The first-order valence-corrected chi connectivity index (χ1v) is 6.92. The van der Waals surface area contributed by atoms with Crippen molar-refractivity contribution < 1.29 is 19.7 Å². The van der Waals surface area contributed by atoms with Gasteiger partial charge >= 0.3 is 0 Å². The van der Waals surface area contributed by atoms with Gasteiger partial charge < -0.3 is 19.8 Å². The Morgan fingerprint density at radius 2 is 1.91 bits per heavy atom. The number of likely N-dealkylation sites (N-methyl/N-ethyl adjacent to an activating group) is 1. The summed E-state index contributed by atoms with van der Waals surface area (Å²) < 4.78 is 5.14. The Balaban J connectivity index is 2.11. The van der Waals surface area contributed by atoms with Gasteiger partial charge in [0.25, 0.3) is 5.91 Å². The van der Waals surface area contributed by atoms with Crippen LogP contribution in [0, 0.1) is 0 Å². The van der Waals surface area contributed by atoms with Gasteiger partial charge in [-0.2, -0.15) is 0 Å². The maximum atomic E-state index is 12.3. The normalized spacial score (nSPS) is 21.6. The first kappa shape index (κ1) is 14.6. The molecule has 0 aromatic heterocycles. The lowest BCUT2D eigenvalue weighted by Gasteiger charge is -2.36. The summed E-state index contributed by atoms with van der Waals surface area (Å²) in [7, 11) is 3.01. The standard InChI is InChI=1S/C17H17NO4/c1-18-16(20)13-8-3-4-9-14(13)17(18,21)15(19)11-6-5-7-12(10-11)22-2/h3-10,15,19,21H,1-2H3/t15-,17+/m1/s1. The van der Waals surface area contributed by atoms with Gasteiger partial charge in [-0.1, -0.05) is 30.3 Å². The molecule has 0 saturated carbocycles. The smallest absolute Gasteiger partial charge is 0.256 e. The topological polar surface area (TPSA) is 70.0 Å². The van der Waals surface area contributed by atoms with Crippen molar-refractivity contribution in [3.8, 4) is 5.75 Å². The summed E-state index contributed by atoms with van der Waals surface area (Å²) in [6.45, 7) is 0. The van der Waals surface area contributed by atoms with Crippen LogP contribution in [0.25, 0.3) is 0 Å². The molecule has 1 aliphatic rings. The Morgan fingerprint density at radius 3 is 2.64 bits per heavy atom. The molecule has 114 valence electrons. The van der Waals surface area contributed by atoms with Crippen molar-refractivity contribution in [2.75, 3.05) is 14.2 Å². The largest absolute Gasteiger partial charge is 0.497 e. The summed E-state index contributed by atoms with van der Waals surface area (Å²) in [4.78, 5) is 13.5. The lowest BCUT2D eigenvalue weighted by molar-refractivity contribution is -0.157. The number of benzene rings is 2. The molecule has 0 aliphatic carbocycles. The zero-order valence-electron chi connectivity index (χ0n) is 12.4. The van der Waals surface area contributed by atoms with Gasteiger partial charge in [0.15, 0.2) is 5.72 Å². The minimum atomic E-state index is -1.81. The van der Waals surface area contributed by atoms with E-state index in [1.54, 1.807) is 48.5 Å². The quantitative estimate of drug-likeness (QED) is 0.904. The first-order chi connectivity index (χ1) is 10.5. The van der Waals surface area contributed by atoms with Gasteiger partial charge in [0.1, 0.15) is 11.9 Å². The third-order valence-corrected chi connectivity index (χ3v) is 4.16. The Bertz CT molecular complexity index is 730. The monoisotopic (exact) mass is 299 g/mol. The average Bonchev–Trinajstić information content (AvgIpc) is 2.77. The predicted octanol–water partition coefficient (Wildman–Crippen LogP) is 1.66. The highest BCUT2D eigenvalue weighted by atomic mass is 16.5. The molecule has 1 amide bonds. The van der Waals surface area contributed by atoms with Crippen molar-refractivity contribution in [2.45, 2.75) is 11.8 Å². The molecule has 0 radical (unpaired) electrons. The van der Waals surface area contributed by atoms with E-state index < -0.39 is 11.8 Å². The Morgan fingerprint density at radius 1 is 1.18 bits per heavy atom. The Hall–Kier alpha value is -2.37. The van der Waals surface area contributed by atoms with Gasteiger partial charge in [-0.15, -0.1) is 0 Å². The average molecular weight is 299 g/mol. The molecule has 0 unspecified atom stereocenters. The van der Waals surface area contributed by atoms with Crippen LogP contribution in [0.1, 0.15) is 27.6 Å². The SMILES string of the molecule is COc1cccc([C@@H](O)[C@@]2(O)c3ccccc3C(=O)N2C)c1. The van der Waals surface area contributed by atoms with Crippen LogP contribution in [-0.4, -0.2) is 35.2 Å². The van der Waals surface area contributed by atoms with Gasteiger partial charge in [0.05, 0.1) is 7.11 Å². The van der Waals surface area contributed by atoms with Crippen molar-refractivity contribution in [1.29, 1.82) is 0 Å². The maximum Gasteiger partial charge on any atom is 0.256 e. The van der Waals surface area contributed by atoms with E-state index in [0.717, 1.165) is 0 Å². The summed E-state index contributed by atoms with van der Waals surface area (Å²) in [5.74, 6) is 0.250. The Kier molecular flexibility index (Phi) is 3.39. The number of aliphatic hydroxyl groups excluding tert-OH is 1. The highest BCUT2D eigenvalue weighted by Gasteiger charge is 2.51. The number of rotatable bonds is 3. The molecule has 0 fully saturated rings. The fraction of sp³-hybridized carbons (Fsp3) is 0.235. The lowest BCUT2D eigenvalue weighted by Crippen LogP contribution is -2.45. The van der Waals surface area contributed by atoms with Crippen molar-refractivity contribution in [3.05, 3.63) is 65.2 Å². The summed E-state index contributed by atoms with van der Waals surface area (Å²) in [5, 5.41) is 21.8. The molecule has 0 bridgehead atoms. The molecule has 5 heteroatoms. The van der Waals surface area contributed by atoms with Crippen LogP contribution in [0.15, 0.2) is 48.5 Å². The zero-order chi connectivity index (χ0) is 15.9. The van der Waals surface area contributed by atoms with Crippen LogP contribution >= 0.6 is 0 Å². The second-order valence-electron chi connectivity index (χ2n) is 5.32. The van der Waals surface area contributed by atoms with E-state index in [4.69, 9.17) is 4.74 Å². The minimum Gasteiger partial charge on any atom is -0.497 e. The van der Waals surface area contributed by atoms with E-state index in [1.165, 1.54) is 19.1 Å². The minimum absolute atomic E-state index is 0.319. The second kappa shape index (κ2) is 5.12. The van der Waals surface area contributed by atoms with Crippen LogP contribution in [0.5, 0.6) is 5.75 Å². The summed E-state index contributed by atoms with van der Waals surface area (Å²) >= 11 is 0. The molecule has 1 aliphatic heterocycles. The molecule has 2 aromatic rings. The van der Waals surface area contributed by atoms with Crippen molar-refractivity contribution in [1.82, 2.24) is 4.90 Å². The number of methoxy groups -OCH3 is 1. The van der Waals surface area contributed by atoms with Crippen molar-refractivity contribution >= 4 is 5.91 Å². The Labute approximate surface area is 128 Å². The molecule has 0 saturated heterocycles. The number of hydrogen-bond donors (Lipinski definition) is 2. The third kappa shape index (κ3) is 1.90. The first-order valence-electron chi connectivity index (χ1n) is 6.92. The molecule has 2 aromatic carbocycles. The molecule has 22 heavy (non-hydrogen) atoms. The van der Waals surface area contributed by atoms with Gasteiger partial charge in [0, 0.05) is 18.2 Å². The number of carbonyl (C=O) groups excluding carboxylic acids is 1. The fourth-order valence-electron chi connectivity index (χ4n) is 2.88. The molecule has 1 heterocycles. The van der Waals surface area contributed by atoms with Crippen LogP contribution in [0.4, 0.5) is 0 Å². The summed E-state index contributed by atoms with van der Waals surface area (Å²) in [6.07, 6.45) is -1.29. The molecular formula is C17H17NO4. The molecular weight excluding hydrogens is 282 g/mol. The number of fused-ring (bicyclic) bond motifs is 1. The third-order valence-electron chi connectivity index (χ3n) is 4.16. The highest BCUT2D eigenvalue weighted by Crippen LogP contribution is 2.44. The highest BCUT2D eigenvalue weighted by molar-refractivity contribution is 5.99. The van der Waals surface area contributed by atoms with E-state index in [2.05, 4.69) is 0 Å². The maximum absolute atomic E-state index is 12.3. The van der Waals surface area contributed by atoms with Crippen LogP contribution in [0.2, 0.25) is 0 Å². The van der Waals surface area contributed by atoms with Gasteiger partial charge in [0.2, 0.25) is 0 Å². The van der Waals surface area contributed by atoms with Crippen LogP contribution < -0.4 is 4.74 Å². The predicted molar refractivity (Wildman–Crippen MR) is 80.4 cm³/mol. The molecule has 2 N–H and O–H groups in total. The molecule has 2 atom stereocenters. The van der Waals surface area contributed by atoms with E-state index in [0.29, 0.717) is 22.4 Å². The van der Waals surface area contributed by atoms with E-state index >= 15 is 0 Å². The zero-order valence-corrected chi connectivity index (χ0v) is 12.4. The van der Waals surface area contributed by atoms with Crippen molar-refractivity contribution in [3.63, 3.8) is 0 Å². The number of hydrogen-bond acceptors (Lipinski definition) is 4. The summed E-state index contributed by atoms with van der Waals surface area (Å²) in [6, 6.07) is 13.6. The fourth-order valence-corrected chi connectivity index (χ4v) is 2.88.